The van der Waals surface area contributed by atoms with Gasteiger partial charge in [-0.1, -0.05) is 20.3 Å². The van der Waals surface area contributed by atoms with Gasteiger partial charge in [0.05, 0.1) is 29.0 Å². The van der Waals surface area contributed by atoms with E-state index in [2.05, 4.69) is 11.8 Å². The molecule has 0 spiro atoms. The van der Waals surface area contributed by atoms with E-state index < -0.39 is 11.6 Å². The van der Waals surface area contributed by atoms with Crippen molar-refractivity contribution in [3.63, 3.8) is 0 Å². The van der Waals surface area contributed by atoms with Gasteiger partial charge in [-0.2, -0.15) is 0 Å². The van der Waals surface area contributed by atoms with Crippen LogP contribution in [0.4, 0.5) is 4.79 Å². The third-order valence-corrected chi connectivity index (χ3v) is 10.8. The highest BCUT2D eigenvalue weighted by molar-refractivity contribution is 14.1. The van der Waals surface area contributed by atoms with Crippen molar-refractivity contribution >= 4 is 46.0 Å². The summed E-state index contributed by atoms with van der Waals surface area (Å²) in [6, 6.07) is 8.00. The van der Waals surface area contributed by atoms with Gasteiger partial charge in [0.2, 0.25) is 5.60 Å². The fraction of sp³-hybridized carbons (Fsp3) is 0.515. The molecule has 0 bridgehead atoms. The Balaban J connectivity index is 1.17. The Hall–Kier alpha value is -3.03. The van der Waals surface area contributed by atoms with E-state index in [0.29, 0.717) is 61.1 Å². The molecule has 232 valence electrons. The number of likely N-dealkylation sites (tertiary alicyclic amines) is 2. The molecule has 44 heavy (non-hydrogen) atoms. The zero-order valence-electron chi connectivity index (χ0n) is 25.2. The van der Waals surface area contributed by atoms with Gasteiger partial charge in [-0.3, -0.25) is 7.86 Å². The van der Waals surface area contributed by atoms with E-state index in [0.717, 1.165) is 40.6 Å². The largest absolute Gasteiger partial charge is 0.458 e. The van der Waals surface area contributed by atoms with Crippen LogP contribution in [0.25, 0.3) is 22.3 Å². The number of carbonyl (C=O) groups is 2. The maximum Gasteiger partial charge on any atom is 0.415 e. The SMILES string of the molecule is CCc1c2c(nc3ccc(OC(=O)N4CCC(N5CCCCC5)CC4)cc13)-c1cc3c(c(=O)n1C2)COC(=O)[C@@]3(CC)OI. The molecule has 10 nitrogen and oxygen atoms in total. The van der Waals surface area contributed by atoms with E-state index in [1.165, 1.54) is 32.4 Å². The number of hydrogen-bond donors (Lipinski definition) is 0. The van der Waals surface area contributed by atoms with Crippen LogP contribution in [0, 0.1) is 0 Å². The second kappa shape index (κ2) is 11.7. The molecular formula is C33H37IN4O6. The number of carbonyl (C=O) groups excluding carboxylic acids is 2. The van der Waals surface area contributed by atoms with Crippen molar-refractivity contribution in [1.82, 2.24) is 19.4 Å². The van der Waals surface area contributed by atoms with Crippen molar-refractivity contribution in [2.24, 2.45) is 0 Å². The highest BCUT2D eigenvalue weighted by Gasteiger charge is 2.48. The number of halogens is 1. The van der Waals surface area contributed by atoms with Gasteiger partial charge in [0.1, 0.15) is 35.4 Å². The molecule has 0 saturated carbocycles. The molecule has 1 atom stereocenters. The third kappa shape index (κ3) is 4.73. The Kier molecular flexibility index (Phi) is 7.90. The Labute approximate surface area is 270 Å². The number of nitrogens with zero attached hydrogens (tertiary/aromatic N) is 4. The summed E-state index contributed by atoms with van der Waals surface area (Å²) in [6.45, 7) is 7.98. The lowest BCUT2D eigenvalue weighted by Gasteiger charge is -2.39. The van der Waals surface area contributed by atoms with Crippen LogP contribution in [-0.4, -0.2) is 63.6 Å². The molecule has 4 aliphatic rings. The molecule has 2 fully saturated rings. The number of amides is 1. The molecule has 0 aliphatic carbocycles. The number of aryl methyl sites for hydroxylation is 1. The number of piperidine rings is 2. The van der Waals surface area contributed by atoms with Crippen LogP contribution >= 0.6 is 23.0 Å². The lowest BCUT2D eigenvalue weighted by molar-refractivity contribution is -0.165. The summed E-state index contributed by atoms with van der Waals surface area (Å²) in [5.74, 6) is 0.00136. The molecule has 0 unspecified atom stereocenters. The van der Waals surface area contributed by atoms with Gasteiger partial charge in [-0.05, 0) is 81.4 Å². The molecule has 1 aromatic carbocycles. The van der Waals surface area contributed by atoms with Gasteiger partial charge < -0.3 is 23.8 Å². The van der Waals surface area contributed by atoms with Crippen LogP contribution in [0.15, 0.2) is 29.1 Å². The van der Waals surface area contributed by atoms with Crippen LogP contribution in [0.2, 0.25) is 0 Å². The molecule has 3 aromatic rings. The predicted molar refractivity (Wildman–Crippen MR) is 173 cm³/mol. The molecule has 0 N–H and O–H groups in total. The predicted octanol–water partition coefficient (Wildman–Crippen LogP) is 5.47. The summed E-state index contributed by atoms with van der Waals surface area (Å²) < 4.78 is 18.7. The first-order valence-electron chi connectivity index (χ1n) is 15.8. The van der Waals surface area contributed by atoms with Crippen molar-refractivity contribution in [2.45, 2.75) is 83.6 Å². The number of rotatable bonds is 5. The average Bonchev–Trinajstić information content (AvgIpc) is 3.43. The maximum absolute atomic E-state index is 13.8. The molecule has 2 saturated heterocycles. The Morgan fingerprint density at radius 2 is 1.84 bits per heavy atom. The summed E-state index contributed by atoms with van der Waals surface area (Å²) in [5, 5.41) is 0.906. The molecule has 1 amide bonds. The fourth-order valence-electron chi connectivity index (χ4n) is 7.59. The first-order chi connectivity index (χ1) is 21.4. The smallest absolute Gasteiger partial charge is 0.415 e. The zero-order valence-corrected chi connectivity index (χ0v) is 27.4. The second-order valence-corrected chi connectivity index (χ2v) is 12.7. The number of esters is 1. The number of aromatic nitrogens is 2. The monoisotopic (exact) mass is 712 g/mol. The Morgan fingerprint density at radius 1 is 1.07 bits per heavy atom. The molecule has 0 radical (unpaired) electrons. The van der Waals surface area contributed by atoms with E-state index in [1.807, 2.05) is 30.0 Å². The minimum Gasteiger partial charge on any atom is -0.458 e. The number of cyclic esters (lactones) is 1. The third-order valence-electron chi connectivity index (χ3n) is 10.1. The molecular weight excluding hydrogens is 675 g/mol. The van der Waals surface area contributed by atoms with Crippen LogP contribution in [0.5, 0.6) is 5.75 Å². The van der Waals surface area contributed by atoms with E-state index in [9.17, 15) is 14.4 Å². The van der Waals surface area contributed by atoms with Crippen molar-refractivity contribution < 1.29 is 22.1 Å². The number of pyridine rings is 2. The molecule has 7 rings (SSSR count). The van der Waals surface area contributed by atoms with Crippen LogP contribution in [-0.2, 0) is 37.8 Å². The van der Waals surface area contributed by atoms with Crippen molar-refractivity contribution in [3.05, 3.63) is 56.9 Å². The zero-order chi connectivity index (χ0) is 30.6. The number of ether oxygens (including phenoxy) is 2. The molecule has 6 heterocycles. The van der Waals surface area contributed by atoms with Gasteiger partial charge in [-0.15, -0.1) is 0 Å². The first-order valence-corrected chi connectivity index (χ1v) is 16.7. The Morgan fingerprint density at radius 3 is 2.55 bits per heavy atom. The molecule has 4 aliphatic heterocycles. The summed E-state index contributed by atoms with van der Waals surface area (Å²) in [5.41, 5.74) is 3.65. The normalized spacial score (nSPS) is 22.0. The average molecular weight is 713 g/mol. The number of benzene rings is 1. The topological polar surface area (TPSA) is 103 Å². The molecule has 2 aromatic heterocycles. The van der Waals surface area contributed by atoms with Gasteiger partial charge in [0, 0.05) is 35.6 Å². The number of hydrogen-bond acceptors (Lipinski definition) is 8. The summed E-state index contributed by atoms with van der Waals surface area (Å²) in [7, 11) is 0. The standard InChI is InChI=1S/C33H37IN4O6/c1-3-22-23-16-21(43-32(41)37-14-10-20(11-15-37)36-12-6-5-7-13-36)8-9-27(23)35-29-24(22)18-38-28(29)17-26-25(30(38)39)19-42-31(40)33(26,4-2)44-34/h8-9,16-17,20H,3-7,10-15,18-19H2,1-2H3/t33-/m0/s1. The van der Waals surface area contributed by atoms with E-state index in [1.54, 1.807) is 33.6 Å². The first kappa shape index (κ1) is 29.7. The molecule has 11 heteroatoms. The quantitative estimate of drug-likeness (QED) is 0.199. The van der Waals surface area contributed by atoms with E-state index >= 15 is 0 Å². The van der Waals surface area contributed by atoms with Gasteiger partial charge in [0.15, 0.2) is 0 Å². The minimum absolute atomic E-state index is 0.0773. The van der Waals surface area contributed by atoms with Crippen LogP contribution in [0.1, 0.15) is 74.6 Å². The maximum atomic E-state index is 13.8. The second-order valence-electron chi connectivity index (χ2n) is 12.3. The van der Waals surface area contributed by atoms with Crippen molar-refractivity contribution in [3.8, 4) is 17.1 Å². The summed E-state index contributed by atoms with van der Waals surface area (Å²) in [6.07, 6.45) is 6.57. The summed E-state index contributed by atoms with van der Waals surface area (Å²) >= 11 is 1.72. The van der Waals surface area contributed by atoms with Crippen molar-refractivity contribution in [2.75, 3.05) is 26.2 Å². The van der Waals surface area contributed by atoms with Crippen molar-refractivity contribution in [1.29, 1.82) is 0 Å². The Bertz CT molecular complexity index is 1700. The summed E-state index contributed by atoms with van der Waals surface area (Å²) in [4.78, 5) is 49.2. The van der Waals surface area contributed by atoms with Crippen LogP contribution < -0.4 is 10.3 Å². The van der Waals surface area contributed by atoms with Crippen LogP contribution in [0.3, 0.4) is 0 Å². The van der Waals surface area contributed by atoms with E-state index in [4.69, 9.17) is 17.5 Å². The highest BCUT2D eigenvalue weighted by Crippen LogP contribution is 2.43. The van der Waals surface area contributed by atoms with Gasteiger partial charge >= 0.3 is 12.1 Å². The lowest BCUT2D eigenvalue weighted by atomic mass is 9.86. The van der Waals surface area contributed by atoms with E-state index in [-0.39, 0.29) is 18.3 Å². The fourth-order valence-corrected chi connectivity index (χ4v) is 8.32. The minimum atomic E-state index is -1.34. The van der Waals surface area contributed by atoms with Gasteiger partial charge in [0.25, 0.3) is 5.56 Å². The number of fused-ring (bicyclic) bond motifs is 5. The highest BCUT2D eigenvalue weighted by atomic mass is 127. The van der Waals surface area contributed by atoms with Gasteiger partial charge in [-0.25, -0.2) is 14.6 Å². The lowest BCUT2D eigenvalue weighted by Crippen LogP contribution is -2.48.